The lowest BCUT2D eigenvalue weighted by atomic mass is 10.2. The molecule has 0 radical (unpaired) electrons. The molecule has 7 nitrogen and oxygen atoms in total. The molecule has 0 bridgehead atoms. The fourth-order valence-electron chi connectivity index (χ4n) is 3.40. The van der Waals surface area contributed by atoms with E-state index in [1.807, 2.05) is 0 Å². The van der Waals surface area contributed by atoms with Gasteiger partial charge in [-0.1, -0.05) is 30.3 Å². The monoisotopic (exact) mass is 476 g/mol. The van der Waals surface area contributed by atoms with Crippen LogP contribution in [0.5, 0.6) is 0 Å². The number of benzene rings is 2. The van der Waals surface area contributed by atoms with E-state index in [9.17, 15) is 21.6 Å². The summed E-state index contributed by atoms with van der Waals surface area (Å²) in [5.74, 6) is 0.134. The van der Waals surface area contributed by atoms with E-state index < -0.39 is 25.2 Å². The van der Waals surface area contributed by atoms with E-state index in [0.717, 1.165) is 11.8 Å². The van der Waals surface area contributed by atoms with Crippen molar-refractivity contribution in [2.45, 2.75) is 21.7 Å². The average Bonchev–Trinajstić information content (AvgIpc) is 3.36. The number of carbonyl (C=O) groups excluding carboxylic acids is 1. The normalized spacial score (nSPS) is 17.3. The molecule has 1 unspecified atom stereocenters. The molecule has 1 aliphatic rings. The third kappa shape index (κ3) is 4.28. The van der Waals surface area contributed by atoms with Gasteiger partial charge in [-0.25, -0.2) is 20.8 Å². The summed E-state index contributed by atoms with van der Waals surface area (Å²) in [6.07, 6.45) is 2.63. The summed E-state index contributed by atoms with van der Waals surface area (Å²) in [6, 6.07) is 17.9. The number of nitrogens with zero attached hydrogens (tertiary/aromatic N) is 2. The van der Waals surface area contributed by atoms with Crippen LogP contribution in [0.3, 0.4) is 0 Å². The molecule has 1 aliphatic heterocycles. The van der Waals surface area contributed by atoms with Gasteiger partial charge in [0.2, 0.25) is 5.91 Å². The minimum Gasteiger partial charge on any atom is -0.320 e. The van der Waals surface area contributed by atoms with Gasteiger partial charge in [0.15, 0.2) is 9.84 Å². The highest BCUT2D eigenvalue weighted by Gasteiger charge is 2.36. The van der Waals surface area contributed by atoms with Crippen molar-refractivity contribution >= 4 is 37.5 Å². The zero-order chi connectivity index (χ0) is 22.2. The number of amides is 1. The highest BCUT2D eigenvalue weighted by molar-refractivity contribution is 8.00. The highest BCUT2D eigenvalue weighted by Crippen LogP contribution is 2.40. The Morgan fingerprint density at radius 2 is 1.58 bits per heavy atom. The van der Waals surface area contributed by atoms with Gasteiger partial charge >= 0.3 is 0 Å². The topological polar surface area (TPSA) is 93.5 Å². The van der Waals surface area contributed by atoms with Gasteiger partial charge in [-0.3, -0.25) is 4.79 Å². The molecule has 1 atom stereocenters. The summed E-state index contributed by atoms with van der Waals surface area (Å²) in [5, 5.41) is -0.476. The van der Waals surface area contributed by atoms with Gasteiger partial charge in [0, 0.05) is 19.0 Å². The molecule has 1 aromatic heterocycles. The first-order valence-electron chi connectivity index (χ1n) is 9.36. The quantitative estimate of drug-likeness (QED) is 0.543. The second kappa shape index (κ2) is 8.18. The van der Waals surface area contributed by atoms with Gasteiger partial charge in [-0.15, -0.1) is 11.8 Å². The van der Waals surface area contributed by atoms with E-state index in [1.54, 1.807) is 47.4 Å². The molecule has 0 N–H and O–H groups in total. The van der Waals surface area contributed by atoms with E-state index in [-0.39, 0.29) is 28.0 Å². The Hall–Kier alpha value is -2.56. The molecule has 10 heteroatoms. The van der Waals surface area contributed by atoms with Crippen LogP contribution in [0.2, 0.25) is 0 Å². The van der Waals surface area contributed by atoms with Crippen molar-refractivity contribution in [1.29, 1.82) is 0 Å². The minimum atomic E-state index is -3.80. The van der Waals surface area contributed by atoms with Crippen molar-refractivity contribution in [1.82, 2.24) is 8.87 Å². The fraction of sp³-hybridized carbons (Fsp3) is 0.190. The number of hydrogen-bond acceptors (Lipinski definition) is 6. The number of sulfone groups is 1. The number of hydrogen-bond donors (Lipinski definition) is 0. The first-order valence-corrected chi connectivity index (χ1v) is 13.7. The predicted molar refractivity (Wildman–Crippen MR) is 119 cm³/mol. The Kier molecular flexibility index (Phi) is 5.71. The van der Waals surface area contributed by atoms with E-state index >= 15 is 0 Å². The summed E-state index contributed by atoms with van der Waals surface area (Å²) in [6.45, 7) is 0.247. The summed E-state index contributed by atoms with van der Waals surface area (Å²) in [5.41, 5.74) is 1.25. The highest BCUT2D eigenvalue weighted by atomic mass is 32.2. The van der Waals surface area contributed by atoms with E-state index in [2.05, 4.69) is 0 Å². The number of thioether (sulfide) groups is 1. The molecule has 2 aromatic carbocycles. The van der Waals surface area contributed by atoms with Crippen molar-refractivity contribution in [2.75, 3.05) is 12.0 Å². The zero-order valence-electron chi connectivity index (χ0n) is 16.6. The fourth-order valence-corrected chi connectivity index (χ4v) is 6.70. The lowest BCUT2D eigenvalue weighted by molar-refractivity contribution is -0.128. The molecule has 1 saturated heterocycles. The molecule has 0 spiro atoms. The van der Waals surface area contributed by atoms with Crippen molar-refractivity contribution in [3.05, 3.63) is 84.2 Å². The van der Waals surface area contributed by atoms with Gasteiger partial charge in [-0.05, 0) is 42.0 Å². The first kappa shape index (κ1) is 21.7. The van der Waals surface area contributed by atoms with E-state index in [4.69, 9.17) is 0 Å². The van der Waals surface area contributed by atoms with Gasteiger partial charge in [0.25, 0.3) is 10.0 Å². The largest absolute Gasteiger partial charge is 0.320 e. The standard InChI is InChI=1S/C21H20N2O5S3/c1-30(25,26)17-11-9-16(10-12-17)14-22-20(24)15-29-21(22)19-8-5-13-23(19)31(27,28)18-6-3-2-4-7-18/h2-13,21H,14-15H2,1H3. The lowest BCUT2D eigenvalue weighted by Gasteiger charge is -2.25. The minimum absolute atomic E-state index is 0.105. The van der Waals surface area contributed by atoms with Gasteiger partial charge in [0.05, 0.1) is 21.2 Å². The van der Waals surface area contributed by atoms with Crippen LogP contribution in [0.15, 0.2) is 82.7 Å². The Morgan fingerprint density at radius 3 is 2.23 bits per heavy atom. The number of rotatable bonds is 6. The molecular weight excluding hydrogens is 456 g/mol. The molecule has 1 amide bonds. The molecule has 4 rings (SSSR count). The van der Waals surface area contributed by atoms with Crippen LogP contribution in [0.4, 0.5) is 0 Å². The maximum atomic E-state index is 13.1. The zero-order valence-corrected chi connectivity index (χ0v) is 19.0. The van der Waals surface area contributed by atoms with Gasteiger partial charge in [-0.2, -0.15) is 0 Å². The SMILES string of the molecule is CS(=O)(=O)c1ccc(CN2C(=O)CSC2c2cccn2S(=O)(=O)c2ccccc2)cc1. The van der Waals surface area contributed by atoms with E-state index in [0.29, 0.717) is 5.69 Å². The maximum absolute atomic E-state index is 13.1. The number of aromatic nitrogens is 1. The summed E-state index contributed by atoms with van der Waals surface area (Å²) in [7, 11) is -7.11. The van der Waals surface area contributed by atoms with Crippen LogP contribution < -0.4 is 0 Å². The number of carbonyl (C=O) groups is 1. The lowest BCUT2D eigenvalue weighted by Crippen LogP contribution is -2.29. The van der Waals surface area contributed by atoms with E-state index in [1.165, 1.54) is 46.2 Å². The van der Waals surface area contributed by atoms with Crippen molar-refractivity contribution in [3.63, 3.8) is 0 Å². The Labute approximate surface area is 185 Å². The maximum Gasteiger partial charge on any atom is 0.267 e. The molecule has 1 fully saturated rings. The summed E-state index contributed by atoms with van der Waals surface area (Å²) < 4.78 is 50.8. The molecule has 0 aliphatic carbocycles. The Morgan fingerprint density at radius 1 is 0.903 bits per heavy atom. The van der Waals surface area contributed by atoms with Gasteiger partial charge in [0.1, 0.15) is 5.37 Å². The van der Waals surface area contributed by atoms with Crippen LogP contribution >= 0.6 is 11.8 Å². The Bertz CT molecular complexity index is 1310. The molecule has 2 heterocycles. The second-order valence-electron chi connectivity index (χ2n) is 7.15. The van der Waals surface area contributed by atoms with Crippen LogP contribution in [0.1, 0.15) is 16.6 Å². The first-order chi connectivity index (χ1) is 14.7. The molecule has 162 valence electrons. The van der Waals surface area contributed by atoms with Crippen LogP contribution in [-0.4, -0.2) is 43.6 Å². The predicted octanol–water partition coefficient (Wildman–Crippen LogP) is 2.90. The van der Waals surface area contributed by atoms with Crippen molar-refractivity contribution in [3.8, 4) is 0 Å². The molecule has 0 saturated carbocycles. The van der Waals surface area contributed by atoms with Gasteiger partial charge < -0.3 is 4.90 Å². The Balaban J connectivity index is 1.65. The van der Waals surface area contributed by atoms with Crippen molar-refractivity contribution in [2.24, 2.45) is 0 Å². The van der Waals surface area contributed by atoms with Crippen LogP contribution in [0.25, 0.3) is 0 Å². The van der Waals surface area contributed by atoms with Crippen molar-refractivity contribution < 1.29 is 21.6 Å². The summed E-state index contributed by atoms with van der Waals surface area (Å²) >= 11 is 1.36. The van der Waals surface area contributed by atoms with Crippen LogP contribution in [0, 0.1) is 0 Å². The smallest absolute Gasteiger partial charge is 0.267 e. The average molecular weight is 477 g/mol. The third-order valence-corrected chi connectivity index (χ3v) is 9.04. The van der Waals surface area contributed by atoms with Crippen LogP contribution in [-0.2, 0) is 31.2 Å². The molecule has 31 heavy (non-hydrogen) atoms. The summed E-state index contributed by atoms with van der Waals surface area (Å²) in [4.78, 5) is 14.6. The third-order valence-electron chi connectivity index (χ3n) is 4.97. The molecule has 3 aromatic rings. The second-order valence-corrected chi connectivity index (χ2v) is 12.0. The molecular formula is C21H20N2O5S3.